The number of hydrogen-bond acceptors (Lipinski definition) is 3. The van der Waals surface area contributed by atoms with Gasteiger partial charge in [-0.3, -0.25) is 0 Å². The molecule has 0 N–H and O–H groups in total. The van der Waals surface area contributed by atoms with Crippen LogP contribution in [0.3, 0.4) is 0 Å². The predicted octanol–water partition coefficient (Wildman–Crippen LogP) is 1.24. The summed E-state index contributed by atoms with van der Waals surface area (Å²) in [7, 11) is 7.79. The van der Waals surface area contributed by atoms with E-state index in [1.807, 2.05) is 0 Å². The van der Waals surface area contributed by atoms with Gasteiger partial charge >= 0.3 is 45.2 Å². The van der Waals surface area contributed by atoms with Crippen molar-refractivity contribution in [2.75, 3.05) is 7.11 Å². The van der Waals surface area contributed by atoms with Crippen molar-refractivity contribution in [1.29, 1.82) is 0 Å². The zero-order valence-electron chi connectivity index (χ0n) is 3.22. The molecule has 0 aromatic carbocycles. The number of halogens is 1. The fourth-order valence-corrected chi connectivity index (χ4v) is 0.275. The molecule has 0 heterocycles. The van der Waals surface area contributed by atoms with E-state index in [2.05, 4.69) is 8.96 Å². The first-order valence-corrected chi connectivity index (χ1v) is 2.84. The molecule has 0 bridgehead atoms. The van der Waals surface area contributed by atoms with E-state index in [1.165, 1.54) is 14.4 Å². The summed E-state index contributed by atoms with van der Waals surface area (Å²) < 4.78 is 7.81. The van der Waals surface area contributed by atoms with Crippen LogP contribution < -0.4 is 0 Å². The molecule has 0 rings (SSSR count). The Kier molecular flexibility index (Phi) is 5.57. The van der Waals surface area contributed by atoms with Gasteiger partial charge in [-0.2, -0.15) is 0 Å². The molecule has 5 heteroatoms. The van der Waals surface area contributed by atoms with Crippen molar-refractivity contribution in [3.8, 4) is 0 Å². The van der Waals surface area contributed by atoms with E-state index >= 15 is 0 Å². The Bertz CT molecular complexity index is 44.8. The van der Waals surface area contributed by atoms with Crippen LogP contribution in [-0.4, -0.2) is 14.4 Å². The topological polar surface area (TPSA) is 21.6 Å². The summed E-state index contributed by atoms with van der Waals surface area (Å²) in [4.78, 5) is 0. The second-order valence-electron chi connectivity index (χ2n) is 0.516. The van der Waals surface area contributed by atoms with E-state index < -0.39 is 0 Å². The summed E-state index contributed by atoms with van der Waals surface area (Å²) in [6.07, 6.45) is 0. The quantitative estimate of drug-likeness (QED) is 0.407. The molecule has 0 aliphatic rings. The summed E-state index contributed by atoms with van der Waals surface area (Å²) in [5.74, 6) is 0. The summed E-state index contributed by atoms with van der Waals surface area (Å²) in [5.41, 5.74) is 0. The molecule has 0 amide bonds. The molecule has 0 unspecified atom stereocenters. The van der Waals surface area contributed by atoms with Crippen molar-refractivity contribution in [2.24, 2.45) is 4.30 Å². The van der Waals surface area contributed by atoms with Gasteiger partial charge in [-0.1, -0.05) is 0 Å². The third kappa shape index (κ3) is 4.30. The molecule has 0 aromatic rings. The Morgan fingerprint density at radius 3 is 2.83 bits per heavy atom. The fraction of sp³-hybridized carbons (Fsp3) is 1.00. The van der Waals surface area contributed by atoms with Crippen molar-refractivity contribution in [2.45, 2.75) is 0 Å². The van der Waals surface area contributed by atoms with E-state index in [-0.39, 0.29) is 0 Å². The molecule has 34 valence electrons. The average Bonchev–Trinajstić information content (AvgIpc) is 1.61. The summed E-state index contributed by atoms with van der Waals surface area (Å²) >= 11 is 0.843. The monoisotopic (exact) mass is 123 g/mol. The van der Waals surface area contributed by atoms with Gasteiger partial charge in [0.25, 0.3) is 0 Å². The third-order valence-corrected chi connectivity index (χ3v) is 0.593. The first kappa shape index (κ1) is 6.30. The zero-order valence-corrected chi connectivity index (χ0v) is 4.79. The molecule has 0 fully saturated rings. The van der Waals surface area contributed by atoms with Gasteiger partial charge in [0.1, 0.15) is 0 Å². The third-order valence-electron chi connectivity index (χ3n) is 0.188. The molecule has 0 saturated carbocycles. The first-order valence-electron chi connectivity index (χ1n) is 1.24. The molecule has 6 heavy (non-hydrogen) atoms. The van der Waals surface area contributed by atoms with Crippen molar-refractivity contribution in [1.82, 2.24) is 0 Å². The van der Waals surface area contributed by atoms with E-state index in [1.54, 1.807) is 0 Å². The normalized spacial score (nSPS) is 8.33. The Balaban J connectivity index is 2.73. The maximum absolute atomic E-state index is 5.02. The van der Waals surface area contributed by atoms with E-state index in [0.29, 0.717) is 0 Å². The molecular weight excluding hydrogens is 120 g/mol. The van der Waals surface area contributed by atoms with Crippen LogP contribution in [0, 0.1) is 0 Å². The molecule has 0 spiro atoms. The molecule has 0 aliphatic carbocycles. The van der Waals surface area contributed by atoms with Gasteiger partial charge < -0.3 is 0 Å². The SMILES string of the molecule is COB=NSCl. The van der Waals surface area contributed by atoms with Gasteiger partial charge in [0.2, 0.25) is 0 Å². The number of rotatable bonds is 2. The van der Waals surface area contributed by atoms with Crippen LogP contribution in [-0.2, 0) is 4.65 Å². The minimum absolute atomic E-state index is 0.843. The molecule has 0 saturated heterocycles. The Labute approximate surface area is 45.8 Å². The van der Waals surface area contributed by atoms with Crippen LogP contribution in [0.4, 0.5) is 0 Å². The van der Waals surface area contributed by atoms with E-state index in [9.17, 15) is 0 Å². The van der Waals surface area contributed by atoms with Gasteiger partial charge in [0.05, 0.1) is 0 Å². The van der Waals surface area contributed by atoms with Gasteiger partial charge in [-0.15, -0.1) is 0 Å². The Hall–Kier alpha value is 0.305. The van der Waals surface area contributed by atoms with E-state index in [0.717, 1.165) is 11.2 Å². The zero-order chi connectivity index (χ0) is 4.83. The molecule has 0 aromatic heterocycles. The number of hydrogen-bond donors (Lipinski definition) is 0. The Morgan fingerprint density at radius 2 is 2.67 bits per heavy atom. The van der Waals surface area contributed by atoms with E-state index in [4.69, 9.17) is 10.7 Å². The Morgan fingerprint density at radius 1 is 2.00 bits per heavy atom. The second kappa shape index (κ2) is 5.30. The van der Waals surface area contributed by atoms with Crippen LogP contribution in [0.1, 0.15) is 0 Å². The van der Waals surface area contributed by atoms with Crippen molar-refractivity contribution < 1.29 is 4.65 Å². The summed E-state index contributed by atoms with van der Waals surface area (Å²) in [6.45, 7) is 0. The van der Waals surface area contributed by atoms with Crippen LogP contribution in [0.2, 0.25) is 0 Å². The summed E-state index contributed by atoms with van der Waals surface area (Å²) in [5, 5.41) is 0. The maximum atomic E-state index is 5.02. The first-order chi connectivity index (χ1) is 2.91. The van der Waals surface area contributed by atoms with Gasteiger partial charge in [0.15, 0.2) is 0 Å². The average molecular weight is 123 g/mol. The van der Waals surface area contributed by atoms with Crippen molar-refractivity contribution in [3.05, 3.63) is 0 Å². The number of nitrogens with zero attached hydrogens (tertiary/aromatic N) is 1. The minimum atomic E-state index is 0.843. The van der Waals surface area contributed by atoms with Crippen LogP contribution in [0.25, 0.3) is 0 Å². The van der Waals surface area contributed by atoms with Gasteiger partial charge in [0, 0.05) is 0 Å². The molecule has 0 radical (unpaired) electrons. The van der Waals surface area contributed by atoms with Crippen molar-refractivity contribution >= 4 is 29.1 Å². The van der Waals surface area contributed by atoms with Crippen LogP contribution in [0.5, 0.6) is 0 Å². The molecule has 0 aliphatic heterocycles. The van der Waals surface area contributed by atoms with Crippen LogP contribution >= 0.6 is 21.8 Å². The molecule has 2 nitrogen and oxygen atoms in total. The van der Waals surface area contributed by atoms with Gasteiger partial charge in [-0.05, 0) is 0 Å². The van der Waals surface area contributed by atoms with Crippen LogP contribution in [0.15, 0.2) is 4.30 Å². The van der Waals surface area contributed by atoms with Crippen molar-refractivity contribution in [3.63, 3.8) is 0 Å². The molecular formula is CH3BClNOS. The standard InChI is InChI=1S/CH3BClNOS/c1-5-2-4-6-3/h1H3. The predicted molar refractivity (Wildman–Crippen MR) is 28.6 cm³/mol. The van der Waals surface area contributed by atoms with Gasteiger partial charge in [-0.25, -0.2) is 0 Å². The fourth-order valence-electron chi connectivity index (χ4n) is 0.0593. The second-order valence-corrected chi connectivity index (χ2v) is 1.28. The molecule has 0 atom stereocenters. The summed E-state index contributed by atoms with van der Waals surface area (Å²) in [6, 6.07) is 0.